The Bertz CT molecular complexity index is 490. The van der Waals surface area contributed by atoms with Crippen LogP contribution in [0.4, 0.5) is 5.69 Å². The highest BCUT2D eigenvalue weighted by atomic mass is 16.3. The van der Waals surface area contributed by atoms with Crippen LogP contribution in [-0.4, -0.2) is 12.6 Å². The predicted molar refractivity (Wildman–Crippen MR) is 83.8 cm³/mol. The van der Waals surface area contributed by atoms with Crippen molar-refractivity contribution in [3.63, 3.8) is 0 Å². The molecule has 0 amide bonds. The molecule has 0 aliphatic carbocycles. The smallest absolute Gasteiger partial charge is 0.123 e. The molecule has 3 nitrogen and oxygen atoms in total. The van der Waals surface area contributed by atoms with Gasteiger partial charge in [0, 0.05) is 18.3 Å². The summed E-state index contributed by atoms with van der Waals surface area (Å²) in [5.41, 5.74) is 8.52. The Morgan fingerprint density at radius 1 is 1.15 bits per heavy atom. The van der Waals surface area contributed by atoms with Gasteiger partial charge in [0.15, 0.2) is 0 Å². The monoisotopic (exact) mass is 272 g/mol. The summed E-state index contributed by atoms with van der Waals surface area (Å²) >= 11 is 0. The standard InChI is InChI=1S/C17H24N2O/c1-3-15(18)12-14-7-9-16(10-8-14)19(4-2)13-17-6-5-11-20-17/h5-11,15H,3-4,12-13,18H2,1-2H3. The van der Waals surface area contributed by atoms with Gasteiger partial charge >= 0.3 is 0 Å². The highest BCUT2D eigenvalue weighted by molar-refractivity contribution is 5.47. The fourth-order valence-corrected chi connectivity index (χ4v) is 2.27. The molecule has 1 atom stereocenters. The van der Waals surface area contributed by atoms with Gasteiger partial charge in [-0.15, -0.1) is 0 Å². The number of rotatable bonds is 7. The van der Waals surface area contributed by atoms with E-state index in [4.69, 9.17) is 10.2 Å². The van der Waals surface area contributed by atoms with E-state index in [1.54, 1.807) is 6.26 Å². The van der Waals surface area contributed by atoms with Gasteiger partial charge in [0.1, 0.15) is 5.76 Å². The average molecular weight is 272 g/mol. The molecule has 2 aromatic rings. The molecule has 2 rings (SSSR count). The molecule has 0 aliphatic rings. The number of hydrogen-bond donors (Lipinski definition) is 1. The zero-order chi connectivity index (χ0) is 14.4. The fraction of sp³-hybridized carbons (Fsp3) is 0.412. The van der Waals surface area contributed by atoms with Gasteiger partial charge in [0.05, 0.1) is 12.8 Å². The predicted octanol–water partition coefficient (Wildman–Crippen LogP) is 3.59. The Labute approximate surface area is 121 Å². The van der Waals surface area contributed by atoms with Gasteiger partial charge in [0.25, 0.3) is 0 Å². The van der Waals surface area contributed by atoms with Gasteiger partial charge in [-0.3, -0.25) is 0 Å². The van der Waals surface area contributed by atoms with Gasteiger partial charge in [-0.1, -0.05) is 19.1 Å². The Balaban J connectivity index is 2.03. The number of furan rings is 1. The summed E-state index contributed by atoms with van der Waals surface area (Å²) in [7, 11) is 0. The number of benzene rings is 1. The Kier molecular flexibility index (Phi) is 5.24. The molecule has 0 fully saturated rings. The Morgan fingerprint density at radius 2 is 1.90 bits per heavy atom. The molecule has 0 spiro atoms. The van der Waals surface area contributed by atoms with Crippen molar-refractivity contribution in [3.05, 3.63) is 54.0 Å². The zero-order valence-electron chi connectivity index (χ0n) is 12.4. The summed E-state index contributed by atoms with van der Waals surface area (Å²) in [6.45, 7) is 6.04. The van der Waals surface area contributed by atoms with Crippen molar-refractivity contribution in [3.8, 4) is 0 Å². The molecule has 1 unspecified atom stereocenters. The maximum absolute atomic E-state index is 6.00. The molecule has 1 aromatic carbocycles. The van der Waals surface area contributed by atoms with Crippen LogP contribution in [0.25, 0.3) is 0 Å². The average Bonchev–Trinajstić information content (AvgIpc) is 2.98. The molecule has 3 heteroatoms. The van der Waals surface area contributed by atoms with E-state index in [-0.39, 0.29) is 6.04 Å². The minimum absolute atomic E-state index is 0.256. The Morgan fingerprint density at radius 3 is 2.45 bits per heavy atom. The number of nitrogens with two attached hydrogens (primary N) is 1. The van der Waals surface area contributed by atoms with Crippen molar-refractivity contribution < 1.29 is 4.42 Å². The van der Waals surface area contributed by atoms with Gasteiger partial charge in [0.2, 0.25) is 0 Å². The van der Waals surface area contributed by atoms with Crippen molar-refractivity contribution in [1.82, 2.24) is 0 Å². The van der Waals surface area contributed by atoms with E-state index in [9.17, 15) is 0 Å². The van der Waals surface area contributed by atoms with Crippen LogP contribution in [0.2, 0.25) is 0 Å². The van der Waals surface area contributed by atoms with Crippen molar-refractivity contribution in [2.75, 3.05) is 11.4 Å². The van der Waals surface area contributed by atoms with E-state index in [0.29, 0.717) is 0 Å². The van der Waals surface area contributed by atoms with Crippen LogP contribution in [0.5, 0.6) is 0 Å². The van der Waals surface area contributed by atoms with E-state index >= 15 is 0 Å². The molecule has 0 saturated heterocycles. The summed E-state index contributed by atoms with van der Waals surface area (Å²) in [6, 6.07) is 12.9. The maximum atomic E-state index is 6.00. The first-order valence-corrected chi connectivity index (χ1v) is 7.34. The van der Waals surface area contributed by atoms with Crippen LogP contribution in [-0.2, 0) is 13.0 Å². The van der Waals surface area contributed by atoms with Crippen LogP contribution >= 0.6 is 0 Å². The van der Waals surface area contributed by atoms with Gasteiger partial charge in [-0.2, -0.15) is 0 Å². The molecular weight excluding hydrogens is 248 g/mol. The van der Waals surface area contributed by atoms with Gasteiger partial charge < -0.3 is 15.1 Å². The summed E-state index contributed by atoms with van der Waals surface area (Å²) < 4.78 is 5.42. The molecule has 1 aromatic heterocycles. The fourth-order valence-electron chi connectivity index (χ4n) is 2.27. The minimum Gasteiger partial charge on any atom is -0.467 e. The quantitative estimate of drug-likeness (QED) is 0.837. The molecule has 108 valence electrons. The van der Waals surface area contributed by atoms with E-state index in [0.717, 1.165) is 31.7 Å². The third-order valence-electron chi connectivity index (χ3n) is 3.63. The molecule has 0 radical (unpaired) electrons. The summed E-state index contributed by atoms with van der Waals surface area (Å²) in [5, 5.41) is 0. The first kappa shape index (κ1) is 14.7. The van der Waals surface area contributed by atoms with Crippen LogP contribution in [0.3, 0.4) is 0 Å². The van der Waals surface area contributed by atoms with E-state index in [1.165, 1.54) is 11.3 Å². The first-order chi connectivity index (χ1) is 9.72. The summed E-state index contributed by atoms with van der Waals surface area (Å²) in [5.74, 6) is 0.990. The van der Waals surface area contributed by atoms with E-state index in [1.807, 2.05) is 12.1 Å². The van der Waals surface area contributed by atoms with Gasteiger partial charge in [-0.25, -0.2) is 0 Å². The molecule has 2 N–H and O–H groups in total. The van der Waals surface area contributed by atoms with E-state index < -0.39 is 0 Å². The third kappa shape index (κ3) is 3.87. The molecule has 0 aliphatic heterocycles. The lowest BCUT2D eigenvalue weighted by Gasteiger charge is -2.22. The lowest BCUT2D eigenvalue weighted by Crippen LogP contribution is -2.22. The van der Waals surface area contributed by atoms with E-state index in [2.05, 4.69) is 43.0 Å². The molecule has 0 bridgehead atoms. The summed E-state index contributed by atoms with van der Waals surface area (Å²) in [4.78, 5) is 2.29. The second kappa shape index (κ2) is 7.15. The van der Waals surface area contributed by atoms with Crippen LogP contribution in [0.1, 0.15) is 31.6 Å². The lowest BCUT2D eigenvalue weighted by atomic mass is 10.0. The lowest BCUT2D eigenvalue weighted by molar-refractivity contribution is 0.503. The van der Waals surface area contributed by atoms with Crippen LogP contribution in [0, 0.1) is 0 Å². The highest BCUT2D eigenvalue weighted by Gasteiger charge is 2.08. The largest absolute Gasteiger partial charge is 0.467 e. The number of hydrogen-bond acceptors (Lipinski definition) is 3. The van der Waals surface area contributed by atoms with Crippen molar-refractivity contribution >= 4 is 5.69 Å². The van der Waals surface area contributed by atoms with Crippen molar-refractivity contribution in [2.24, 2.45) is 5.73 Å². The SMILES string of the molecule is CCC(N)Cc1ccc(N(CC)Cc2ccco2)cc1. The highest BCUT2D eigenvalue weighted by Crippen LogP contribution is 2.19. The molecular formula is C17H24N2O. The first-order valence-electron chi connectivity index (χ1n) is 7.34. The topological polar surface area (TPSA) is 42.4 Å². The second-order valence-electron chi connectivity index (χ2n) is 5.13. The van der Waals surface area contributed by atoms with Gasteiger partial charge in [-0.05, 0) is 49.6 Å². The third-order valence-corrected chi connectivity index (χ3v) is 3.63. The maximum Gasteiger partial charge on any atom is 0.123 e. The minimum atomic E-state index is 0.256. The molecule has 0 saturated carbocycles. The zero-order valence-corrected chi connectivity index (χ0v) is 12.4. The Hall–Kier alpha value is -1.74. The second-order valence-corrected chi connectivity index (χ2v) is 5.13. The van der Waals surface area contributed by atoms with Crippen molar-refractivity contribution in [2.45, 2.75) is 39.3 Å². The molecule has 20 heavy (non-hydrogen) atoms. The normalized spacial score (nSPS) is 12.3. The summed E-state index contributed by atoms with van der Waals surface area (Å²) in [6.07, 6.45) is 3.68. The number of nitrogens with zero attached hydrogens (tertiary/aromatic N) is 1. The number of anilines is 1. The molecule has 1 heterocycles. The van der Waals surface area contributed by atoms with Crippen molar-refractivity contribution in [1.29, 1.82) is 0 Å². The van der Waals surface area contributed by atoms with Crippen LogP contribution < -0.4 is 10.6 Å². The van der Waals surface area contributed by atoms with Crippen LogP contribution in [0.15, 0.2) is 47.1 Å².